The van der Waals surface area contributed by atoms with Gasteiger partial charge in [-0.3, -0.25) is 18.7 Å². The van der Waals surface area contributed by atoms with E-state index in [0.29, 0.717) is 26.5 Å². The number of halogens is 1. The van der Waals surface area contributed by atoms with Crippen LogP contribution in [-0.4, -0.2) is 15.0 Å². The highest BCUT2D eigenvalue weighted by molar-refractivity contribution is 7.18. The number of hydrogen-bond acceptors (Lipinski definition) is 4. The number of carbonyl (C=O) groups is 1. The number of thiophene rings is 1. The van der Waals surface area contributed by atoms with Gasteiger partial charge in [0.15, 0.2) is 0 Å². The molecule has 0 atom stereocenters. The number of anilines is 1. The van der Waals surface area contributed by atoms with Gasteiger partial charge >= 0.3 is 5.69 Å². The Labute approximate surface area is 205 Å². The summed E-state index contributed by atoms with van der Waals surface area (Å²) in [6, 6.07) is 14.7. The van der Waals surface area contributed by atoms with Gasteiger partial charge in [0.25, 0.3) is 5.56 Å². The molecular formula is C26H24ClN3O3S. The molecule has 8 heteroatoms. The molecule has 2 aromatic heterocycles. The molecule has 174 valence electrons. The molecule has 0 aliphatic heterocycles. The summed E-state index contributed by atoms with van der Waals surface area (Å²) in [5.74, 6) is -0.318. The summed E-state index contributed by atoms with van der Waals surface area (Å²) in [6.07, 6.45) is 3.77. The van der Waals surface area contributed by atoms with Crippen LogP contribution in [-0.2, 0) is 30.7 Å². The molecule has 1 N–H and O–H groups in total. The first-order valence-corrected chi connectivity index (χ1v) is 12.5. The highest BCUT2D eigenvalue weighted by atomic mass is 35.5. The van der Waals surface area contributed by atoms with Gasteiger partial charge in [-0.05, 0) is 61.9 Å². The monoisotopic (exact) mass is 493 g/mol. The lowest BCUT2D eigenvalue weighted by atomic mass is 9.97. The van der Waals surface area contributed by atoms with Gasteiger partial charge in [0.1, 0.15) is 11.4 Å². The molecule has 0 bridgehead atoms. The largest absolute Gasteiger partial charge is 0.332 e. The van der Waals surface area contributed by atoms with E-state index in [1.54, 1.807) is 18.2 Å². The minimum absolute atomic E-state index is 0.0531. The van der Waals surface area contributed by atoms with Crippen LogP contribution in [0.5, 0.6) is 0 Å². The number of benzene rings is 2. The van der Waals surface area contributed by atoms with E-state index in [1.807, 2.05) is 37.3 Å². The van der Waals surface area contributed by atoms with Gasteiger partial charge in [0.2, 0.25) is 5.91 Å². The maximum Gasteiger partial charge on any atom is 0.332 e. The molecule has 1 aliphatic carbocycles. The van der Waals surface area contributed by atoms with Crippen molar-refractivity contribution in [2.24, 2.45) is 0 Å². The Balaban J connectivity index is 1.62. The number of rotatable bonds is 5. The zero-order valence-electron chi connectivity index (χ0n) is 18.8. The Morgan fingerprint density at radius 2 is 1.76 bits per heavy atom. The van der Waals surface area contributed by atoms with Crippen LogP contribution < -0.4 is 16.6 Å². The van der Waals surface area contributed by atoms with Crippen molar-refractivity contribution >= 4 is 44.7 Å². The molecule has 4 aromatic rings. The van der Waals surface area contributed by atoms with Gasteiger partial charge in [-0.2, -0.15) is 0 Å². The van der Waals surface area contributed by atoms with Crippen LogP contribution in [0.15, 0.2) is 58.1 Å². The number of fused-ring (bicyclic) bond motifs is 3. The fraction of sp³-hybridized carbons (Fsp3) is 0.269. The van der Waals surface area contributed by atoms with Crippen LogP contribution in [0.4, 0.5) is 5.69 Å². The highest BCUT2D eigenvalue weighted by Gasteiger charge is 2.24. The van der Waals surface area contributed by atoms with E-state index < -0.39 is 5.69 Å². The van der Waals surface area contributed by atoms with Crippen LogP contribution >= 0.6 is 22.9 Å². The molecular weight excluding hydrogens is 470 g/mol. The Hall–Kier alpha value is -3.16. The van der Waals surface area contributed by atoms with Gasteiger partial charge in [-0.15, -0.1) is 11.3 Å². The van der Waals surface area contributed by atoms with E-state index >= 15 is 0 Å². The van der Waals surface area contributed by atoms with Crippen LogP contribution in [0.3, 0.4) is 0 Å². The number of aryl methyl sites for hydroxylation is 3. The smallest absolute Gasteiger partial charge is 0.325 e. The Morgan fingerprint density at radius 3 is 2.53 bits per heavy atom. The molecule has 0 radical (unpaired) electrons. The third kappa shape index (κ3) is 4.21. The van der Waals surface area contributed by atoms with Crippen molar-refractivity contribution in [1.82, 2.24) is 9.13 Å². The lowest BCUT2D eigenvalue weighted by Gasteiger charge is -2.14. The number of nitrogens with one attached hydrogen (secondary N) is 1. The van der Waals surface area contributed by atoms with Gasteiger partial charge in [-0.25, -0.2) is 4.79 Å². The Morgan fingerprint density at radius 1 is 1.03 bits per heavy atom. The maximum absolute atomic E-state index is 13.6. The topological polar surface area (TPSA) is 73.1 Å². The lowest BCUT2D eigenvalue weighted by molar-refractivity contribution is -0.116. The first-order valence-electron chi connectivity index (χ1n) is 11.3. The van der Waals surface area contributed by atoms with Crippen molar-refractivity contribution in [3.05, 3.63) is 96.0 Å². The minimum atomic E-state index is -0.505. The van der Waals surface area contributed by atoms with E-state index in [1.165, 1.54) is 20.5 Å². The molecule has 2 aromatic carbocycles. The third-order valence-corrected chi connectivity index (χ3v) is 7.93. The quantitative estimate of drug-likeness (QED) is 0.436. The molecule has 5 rings (SSSR count). The molecule has 1 amide bonds. The molecule has 0 unspecified atom stereocenters. The summed E-state index contributed by atoms with van der Waals surface area (Å²) in [5.41, 5.74) is 2.64. The van der Waals surface area contributed by atoms with Gasteiger partial charge in [0, 0.05) is 15.6 Å². The van der Waals surface area contributed by atoms with E-state index in [4.69, 9.17) is 11.6 Å². The highest BCUT2D eigenvalue weighted by Crippen LogP contribution is 2.34. The number of aromatic nitrogens is 2. The van der Waals surface area contributed by atoms with Crippen molar-refractivity contribution in [3.8, 4) is 0 Å². The van der Waals surface area contributed by atoms with Crippen LogP contribution in [0.25, 0.3) is 10.2 Å². The summed E-state index contributed by atoms with van der Waals surface area (Å²) >= 11 is 7.80. The van der Waals surface area contributed by atoms with Gasteiger partial charge in [-0.1, -0.05) is 47.5 Å². The molecule has 1 aliphatic rings. The molecule has 0 saturated heterocycles. The first kappa shape index (κ1) is 22.6. The predicted molar refractivity (Wildman–Crippen MR) is 137 cm³/mol. The fourth-order valence-corrected chi connectivity index (χ4v) is 6.04. The van der Waals surface area contributed by atoms with Gasteiger partial charge in [0.05, 0.1) is 11.9 Å². The number of hydrogen-bond donors (Lipinski definition) is 1. The second-order valence-electron chi connectivity index (χ2n) is 8.66. The number of nitrogens with zero attached hydrogens (tertiary/aromatic N) is 2. The van der Waals surface area contributed by atoms with Crippen LogP contribution in [0.1, 0.15) is 34.4 Å². The van der Waals surface area contributed by atoms with Crippen LogP contribution in [0, 0.1) is 6.92 Å². The Bertz CT molecular complexity index is 1520. The normalized spacial score (nSPS) is 13.1. The molecule has 0 saturated carbocycles. The average Bonchev–Trinajstić information content (AvgIpc) is 3.22. The van der Waals surface area contributed by atoms with E-state index in [2.05, 4.69) is 5.32 Å². The fourth-order valence-electron chi connectivity index (χ4n) is 4.47. The summed E-state index contributed by atoms with van der Waals surface area (Å²) in [6.45, 7) is 1.85. The van der Waals surface area contributed by atoms with E-state index in [-0.39, 0.29) is 24.6 Å². The molecule has 6 nitrogen and oxygen atoms in total. The number of amides is 1. The predicted octanol–water partition coefficient (Wildman–Crippen LogP) is 4.75. The van der Waals surface area contributed by atoms with Crippen molar-refractivity contribution in [2.75, 3.05) is 5.32 Å². The van der Waals surface area contributed by atoms with E-state index in [0.717, 1.165) is 41.7 Å². The molecule has 0 fully saturated rings. The average molecular weight is 494 g/mol. The van der Waals surface area contributed by atoms with E-state index in [9.17, 15) is 14.4 Å². The summed E-state index contributed by atoms with van der Waals surface area (Å²) in [7, 11) is 0. The SMILES string of the molecule is Cc1ccc(NC(=O)Cn2c(=O)n(Cc3ccccc3Cl)c(=O)c3c4c(sc32)CCCC4)cc1. The van der Waals surface area contributed by atoms with Crippen molar-refractivity contribution in [1.29, 1.82) is 0 Å². The van der Waals surface area contributed by atoms with Crippen molar-refractivity contribution < 1.29 is 4.79 Å². The maximum atomic E-state index is 13.6. The molecule has 34 heavy (non-hydrogen) atoms. The third-order valence-electron chi connectivity index (χ3n) is 6.24. The zero-order chi connectivity index (χ0) is 23.8. The van der Waals surface area contributed by atoms with Gasteiger partial charge < -0.3 is 5.32 Å². The summed E-state index contributed by atoms with van der Waals surface area (Å²) in [4.78, 5) is 41.8. The number of carbonyl (C=O) groups excluding carboxylic acids is 1. The minimum Gasteiger partial charge on any atom is -0.325 e. The lowest BCUT2D eigenvalue weighted by Crippen LogP contribution is -2.41. The summed E-state index contributed by atoms with van der Waals surface area (Å²) in [5, 5.41) is 3.92. The van der Waals surface area contributed by atoms with Crippen molar-refractivity contribution in [2.45, 2.75) is 45.7 Å². The molecule has 2 heterocycles. The zero-order valence-corrected chi connectivity index (χ0v) is 20.3. The van der Waals surface area contributed by atoms with Crippen LogP contribution in [0.2, 0.25) is 5.02 Å². The molecule has 0 spiro atoms. The van der Waals surface area contributed by atoms with Crippen molar-refractivity contribution in [3.63, 3.8) is 0 Å². The summed E-state index contributed by atoms with van der Waals surface area (Å²) < 4.78 is 2.66. The second-order valence-corrected chi connectivity index (χ2v) is 10.1. The standard InChI is InChI=1S/C26H24ClN3O3S/c1-16-10-12-18(13-11-16)28-22(31)15-30-25-23(19-7-3-5-9-21(19)34-25)24(32)29(26(30)33)14-17-6-2-4-8-20(17)27/h2,4,6,8,10-13H,3,5,7,9,14-15H2,1H3,(H,28,31). The Kier molecular flexibility index (Phi) is 6.15. The first-order chi connectivity index (χ1) is 16.4. The second kappa shape index (κ2) is 9.24.